The van der Waals surface area contributed by atoms with Crippen molar-refractivity contribution in [3.8, 4) is 0 Å². The van der Waals surface area contributed by atoms with Crippen LogP contribution in [0, 0.1) is 11.8 Å². The van der Waals surface area contributed by atoms with Crippen LogP contribution in [0.25, 0.3) is 0 Å². The minimum atomic E-state index is -3.03. The van der Waals surface area contributed by atoms with Crippen LogP contribution in [0.5, 0.6) is 0 Å². The number of hydrogen-bond donors (Lipinski definition) is 3. The molecule has 0 radical (unpaired) electrons. The topological polar surface area (TPSA) is 306 Å². The van der Waals surface area contributed by atoms with Crippen LogP contribution in [0.2, 0.25) is 0 Å². The lowest BCUT2D eigenvalue weighted by atomic mass is 9.93. The summed E-state index contributed by atoms with van der Waals surface area (Å²) >= 11 is 7.33. The fourth-order valence-electron chi connectivity index (χ4n) is 16.8. The van der Waals surface area contributed by atoms with Crippen LogP contribution in [0.1, 0.15) is 163 Å². The quantitative estimate of drug-likeness (QED) is 0.0116. The van der Waals surface area contributed by atoms with Crippen LogP contribution in [0.15, 0.2) is 224 Å². The van der Waals surface area contributed by atoms with Gasteiger partial charge >= 0.3 is 29.9 Å². The maximum atomic E-state index is 15.0. The number of ether oxygens (including phenoxy) is 21. The molecular weight excluding hydrogens is 1680 g/mol. The molecule has 3 bridgehead atoms. The number of esters is 3. The number of rotatable bonds is 32. The van der Waals surface area contributed by atoms with Gasteiger partial charge < -0.3 is 110 Å². The van der Waals surface area contributed by atoms with Crippen molar-refractivity contribution in [1.29, 1.82) is 0 Å². The van der Waals surface area contributed by atoms with Gasteiger partial charge in [0.15, 0.2) is 37.2 Å². The van der Waals surface area contributed by atoms with Crippen molar-refractivity contribution in [3.63, 3.8) is 0 Å². The van der Waals surface area contributed by atoms with E-state index in [1.165, 1.54) is 0 Å². The minimum absolute atomic E-state index is 0.00348. The molecule has 0 aromatic heterocycles. The third kappa shape index (κ3) is 26.0. The zero-order valence-corrected chi connectivity index (χ0v) is 74.8. The Hall–Kier alpha value is -7.86. The highest BCUT2D eigenvalue weighted by Crippen LogP contribution is 2.48. The zero-order chi connectivity index (χ0) is 90.0. The molecule has 7 aliphatic heterocycles. The van der Waals surface area contributed by atoms with E-state index >= 15 is 4.79 Å². The van der Waals surface area contributed by atoms with Gasteiger partial charge in [0.25, 0.3) is 0 Å². The summed E-state index contributed by atoms with van der Waals surface area (Å²) < 4.78 is 145. The Balaban J connectivity index is 0.892. The first-order valence-corrected chi connectivity index (χ1v) is 46.2. The molecule has 0 spiro atoms. The van der Waals surface area contributed by atoms with Crippen LogP contribution in [0.4, 0.5) is 0 Å². The second-order valence-corrected chi connectivity index (χ2v) is 34.3. The Morgan fingerprint density at radius 2 is 0.984 bits per heavy atom. The zero-order valence-electron chi connectivity index (χ0n) is 74.1. The Morgan fingerprint density at radius 1 is 0.488 bits per heavy atom. The van der Waals surface area contributed by atoms with Gasteiger partial charge in [-0.15, -0.1) is 11.6 Å². The van der Waals surface area contributed by atoms with Crippen LogP contribution in [0.3, 0.4) is 0 Å². The van der Waals surface area contributed by atoms with E-state index in [0.717, 1.165) is 47.1 Å². The predicted molar refractivity (Wildman–Crippen MR) is 469 cm³/mol. The number of carbonyl (C=O) groups excluding carboxylic acids is 3. The molecule has 0 aliphatic carbocycles. The van der Waals surface area contributed by atoms with Gasteiger partial charge in [0.1, 0.15) is 73.0 Å². The average molecular weight is 1810 g/mol. The lowest BCUT2D eigenvalue weighted by Crippen LogP contribution is -2.73. The summed E-state index contributed by atoms with van der Waals surface area (Å²) in [6, 6.07) is 65.9. The summed E-state index contributed by atoms with van der Waals surface area (Å²) in [5.74, 6) is -13.1. The highest BCUT2D eigenvalue weighted by molar-refractivity contribution is 6.18. The van der Waals surface area contributed by atoms with Gasteiger partial charge in [-0.2, -0.15) is 0 Å². The molecule has 7 heterocycles. The van der Waals surface area contributed by atoms with Crippen molar-refractivity contribution in [2.75, 3.05) is 32.3 Å². The number of halogens is 1. The lowest BCUT2D eigenvalue weighted by molar-refractivity contribution is -0.484. The first kappa shape index (κ1) is 97.2. The summed E-state index contributed by atoms with van der Waals surface area (Å²) in [6.07, 6.45) is -19.3. The van der Waals surface area contributed by atoms with Crippen LogP contribution in [-0.2, 0) is 153 Å². The van der Waals surface area contributed by atoms with E-state index in [1.807, 2.05) is 212 Å². The SMILES string of the molecule is CCCCCC1CCCC=CCCCCC(=O)OC2C(OCc3ccccc3)C(OCc3ccccc3)C(COCc3ccccc3)OC2(O)OCC2OC3OC(CCl)(OC4C(OC5COC(c6ccccc6)OC5C4O)OC4(O)C(O1)OC(COCc1ccccc1)C(OCc1ccccc1)C4OCc1ccccc1)OC3C(OC(=O)C(C)CC)C2OC(=O)C(C)CC. The van der Waals surface area contributed by atoms with E-state index in [0.29, 0.717) is 68.9 Å². The summed E-state index contributed by atoms with van der Waals surface area (Å²) in [7, 11) is 0. The van der Waals surface area contributed by atoms with E-state index < -0.39 is 183 Å². The summed E-state index contributed by atoms with van der Waals surface area (Å²) in [6.45, 7) is 7.65. The van der Waals surface area contributed by atoms with Crippen LogP contribution >= 0.6 is 11.6 Å². The smallest absolute Gasteiger partial charge is 0.323 e. The average Bonchev–Trinajstić information content (AvgIpc) is 1.73. The number of carbonyl (C=O) groups is 3. The van der Waals surface area contributed by atoms with E-state index in [1.54, 1.807) is 27.7 Å². The third-order valence-electron chi connectivity index (χ3n) is 24.4. The second-order valence-electron chi connectivity index (χ2n) is 34.1. The van der Waals surface area contributed by atoms with E-state index in [2.05, 4.69) is 19.1 Å². The van der Waals surface area contributed by atoms with Crippen molar-refractivity contribution in [2.45, 2.75) is 298 Å². The van der Waals surface area contributed by atoms with E-state index in [4.69, 9.17) is 111 Å². The lowest BCUT2D eigenvalue weighted by Gasteiger charge is -2.54. The van der Waals surface area contributed by atoms with Crippen molar-refractivity contribution in [3.05, 3.63) is 263 Å². The molecular formula is C101H125ClO27. The Bertz CT molecular complexity index is 4500. The molecule has 7 aliphatic rings. The molecule has 14 rings (SSSR count). The molecule has 3 N–H and O–H groups in total. The summed E-state index contributed by atoms with van der Waals surface area (Å²) in [4.78, 5) is 44.8. The largest absolute Gasteiger partial charge is 0.455 e. The molecule has 0 saturated carbocycles. The molecule has 7 aromatic carbocycles. The number of aliphatic hydroxyl groups excluding tert-OH is 1. The summed E-state index contributed by atoms with van der Waals surface area (Å²) in [5.41, 5.74) is 5.31. The molecule has 698 valence electrons. The van der Waals surface area contributed by atoms with Crippen molar-refractivity contribution < 1.29 is 129 Å². The Morgan fingerprint density at radius 3 is 1.54 bits per heavy atom. The molecule has 27 nitrogen and oxygen atoms in total. The van der Waals surface area contributed by atoms with Crippen molar-refractivity contribution in [1.82, 2.24) is 0 Å². The number of benzene rings is 7. The number of hydrogen-bond acceptors (Lipinski definition) is 27. The molecule has 0 amide bonds. The molecule has 25 unspecified atom stereocenters. The molecule has 6 fully saturated rings. The predicted octanol–water partition coefficient (Wildman–Crippen LogP) is 15.0. The van der Waals surface area contributed by atoms with Gasteiger partial charge in [-0.05, 0) is 91.2 Å². The van der Waals surface area contributed by atoms with Crippen molar-refractivity contribution in [2.24, 2.45) is 11.8 Å². The Labute approximate surface area is 760 Å². The third-order valence-corrected chi connectivity index (χ3v) is 24.7. The second kappa shape index (κ2) is 48.2. The molecule has 6 saturated heterocycles. The minimum Gasteiger partial charge on any atom is -0.455 e. The number of aliphatic hydroxyl groups is 3. The normalized spacial score (nSPS) is 32.4. The van der Waals surface area contributed by atoms with Gasteiger partial charge in [-0.25, -0.2) is 0 Å². The van der Waals surface area contributed by atoms with Gasteiger partial charge in [-0.3, -0.25) is 19.1 Å². The van der Waals surface area contributed by atoms with Gasteiger partial charge in [-0.1, -0.05) is 278 Å². The number of unbranched alkanes of at least 4 members (excludes halogenated alkanes) is 2. The maximum Gasteiger partial charge on any atom is 0.323 e. The standard InChI is InChI=1S/C101H125ClO27/c1-6-9-22-53-76-54-37-13-11-10-12-14-38-55-81(103)121-92-89(113-60-73-47-31-19-32-48-73)84(111-58-71-43-27-17-28-44-71)80(63-110-57-70-41-25-16-26-42-70)125-101(92,108)116-65-79-85(122-93(105)67(4)7-2)88(123-94(106)68(5)8-3)90-97(119-79)128-99(66-102,127-90)126-87-82(104)83-78(64-115-95(124-83)75-51-35-21-36-52-75)118-96(87)129-100(107)91(114-61-74-49-33-20-34-50-74)86(112-59-72-45-29-18-30-46-72)77(120-98(100)117-76)62-109-56-69-39-23-15-24-40-69/h10-11,15-21,23-36,39-52,67-68,76-80,82-92,95-98,104,107-108H,6-9,12-14,22,37-38,53-66H2,1-5H3. The highest BCUT2D eigenvalue weighted by atomic mass is 35.5. The van der Waals surface area contributed by atoms with Gasteiger partial charge in [0.2, 0.25) is 18.2 Å². The van der Waals surface area contributed by atoms with Gasteiger partial charge in [0, 0.05) is 12.0 Å². The number of allylic oxidation sites excluding steroid dienone is 2. The Kier molecular flexibility index (Phi) is 36.3. The molecule has 129 heavy (non-hydrogen) atoms. The van der Waals surface area contributed by atoms with E-state index in [9.17, 15) is 24.9 Å². The van der Waals surface area contributed by atoms with Crippen molar-refractivity contribution >= 4 is 29.5 Å². The fourth-order valence-corrected chi connectivity index (χ4v) is 17.0. The van der Waals surface area contributed by atoms with Crippen LogP contribution < -0.4 is 0 Å². The van der Waals surface area contributed by atoms with Gasteiger partial charge in [0.05, 0.1) is 84.0 Å². The molecule has 25 atom stereocenters. The fraction of sp³-hybridized carbons (Fsp3) is 0.535. The first-order chi connectivity index (χ1) is 62.9. The first-order valence-electron chi connectivity index (χ1n) is 45.7. The molecule has 7 aromatic rings. The molecule has 28 heteroatoms. The summed E-state index contributed by atoms with van der Waals surface area (Å²) in [5, 5.41) is 42.4. The van der Waals surface area contributed by atoms with Crippen LogP contribution in [-0.4, -0.2) is 200 Å². The maximum absolute atomic E-state index is 15.0. The van der Waals surface area contributed by atoms with E-state index in [-0.39, 0.29) is 65.9 Å². The number of fused-ring (bicyclic) bond motifs is 6. The number of alkyl halides is 1. The highest BCUT2D eigenvalue weighted by Gasteiger charge is 2.68. The monoisotopic (exact) mass is 1800 g/mol.